The van der Waals surface area contributed by atoms with Gasteiger partial charge in [-0.25, -0.2) is 22.3 Å². The Labute approximate surface area is 186 Å². The van der Waals surface area contributed by atoms with Crippen molar-refractivity contribution in [2.75, 3.05) is 13.7 Å². The Morgan fingerprint density at radius 1 is 1.09 bits per heavy atom. The summed E-state index contributed by atoms with van der Waals surface area (Å²) >= 11 is 1.27. The minimum absolute atomic E-state index is 0.0547. The lowest BCUT2D eigenvalue weighted by Gasteiger charge is -2.18. The summed E-state index contributed by atoms with van der Waals surface area (Å²) in [6.07, 6.45) is 0. The molecule has 3 aromatic rings. The Bertz CT molecular complexity index is 1180. The minimum Gasteiger partial charge on any atom is -0.481 e. The largest absolute Gasteiger partial charge is 0.481 e. The zero-order valence-electron chi connectivity index (χ0n) is 16.8. The maximum absolute atomic E-state index is 14.8. The van der Waals surface area contributed by atoms with Crippen molar-refractivity contribution < 1.29 is 27.8 Å². The summed E-state index contributed by atoms with van der Waals surface area (Å²) in [5.41, 5.74) is 0.789. The first-order valence-corrected chi connectivity index (χ1v) is 10.0. The number of rotatable bonds is 8. The Morgan fingerprint density at radius 2 is 1.81 bits per heavy atom. The molecule has 0 amide bonds. The summed E-state index contributed by atoms with van der Waals surface area (Å²) in [6, 6.07) is 13.8. The summed E-state index contributed by atoms with van der Waals surface area (Å²) in [5, 5.41) is 18.0. The molecule has 0 aliphatic rings. The van der Waals surface area contributed by atoms with E-state index in [4.69, 9.17) is 15.1 Å². The van der Waals surface area contributed by atoms with Gasteiger partial charge in [0.1, 0.15) is 23.2 Å². The first-order chi connectivity index (χ1) is 15.2. The van der Waals surface area contributed by atoms with Crippen molar-refractivity contribution >= 4 is 17.9 Å². The number of aliphatic carboxylic acids is 1. The van der Waals surface area contributed by atoms with Crippen LogP contribution in [0, 0.1) is 28.8 Å². The topological polar surface area (TPSA) is 73.6 Å². The molecule has 0 heterocycles. The number of carboxylic acid groups (broad SMARTS) is 1. The van der Waals surface area contributed by atoms with Crippen LogP contribution in [-0.2, 0) is 11.3 Å². The van der Waals surface area contributed by atoms with Gasteiger partial charge in [-0.1, -0.05) is 0 Å². The van der Waals surface area contributed by atoms with E-state index in [1.807, 2.05) is 6.07 Å². The fourth-order valence-electron chi connectivity index (χ4n) is 2.96. The standard InChI is InChI=1S/C23H17F3N2O3S/c1-28(32-19-4-2-17(24)3-5-19)12-16-9-20(15-6-14(11-27)7-18(25)8-15)22(10-21(16)26)31-13-23(29)30/h2-10H,12-13H2,1H3,(H,29,30). The molecule has 0 fully saturated rings. The van der Waals surface area contributed by atoms with E-state index in [2.05, 4.69) is 0 Å². The molecule has 0 aliphatic heterocycles. The molecule has 32 heavy (non-hydrogen) atoms. The van der Waals surface area contributed by atoms with Crippen molar-refractivity contribution in [3.8, 4) is 22.9 Å². The van der Waals surface area contributed by atoms with Gasteiger partial charge in [0.2, 0.25) is 0 Å². The van der Waals surface area contributed by atoms with Crippen LogP contribution in [0.3, 0.4) is 0 Å². The monoisotopic (exact) mass is 458 g/mol. The van der Waals surface area contributed by atoms with E-state index in [0.29, 0.717) is 0 Å². The van der Waals surface area contributed by atoms with Gasteiger partial charge in [-0.05, 0) is 73.1 Å². The van der Waals surface area contributed by atoms with Gasteiger partial charge in [0.05, 0.1) is 11.6 Å². The molecule has 3 rings (SSSR count). The van der Waals surface area contributed by atoms with Crippen LogP contribution in [0.2, 0.25) is 0 Å². The lowest BCUT2D eigenvalue weighted by atomic mass is 9.99. The van der Waals surface area contributed by atoms with Crippen molar-refractivity contribution in [2.45, 2.75) is 11.4 Å². The number of ether oxygens (including phenoxy) is 1. The van der Waals surface area contributed by atoms with Crippen LogP contribution >= 0.6 is 11.9 Å². The normalized spacial score (nSPS) is 10.8. The molecular formula is C23H17F3N2O3S. The maximum atomic E-state index is 14.8. The Hall–Kier alpha value is -3.48. The summed E-state index contributed by atoms with van der Waals surface area (Å²) in [6.45, 7) is -0.590. The van der Waals surface area contributed by atoms with E-state index >= 15 is 0 Å². The molecule has 0 aromatic heterocycles. The van der Waals surface area contributed by atoms with Gasteiger partial charge in [-0.3, -0.25) is 0 Å². The van der Waals surface area contributed by atoms with Gasteiger partial charge < -0.3 is 9.84 Å². The molecule has 3 aromatic carbocycles. The predicted octanol–water partition coefficient (Wildman–Crippen LogP) is 5.25. The number of hydrogen-bond acceptors (Lipinski definition) is 5. The Kier molecular flexibility index (Phi) is 7.41. The Morgan fingerprint density at radius 3 is 2.47 bits per heavy atom. The average molecular weight is 458 g/mol. The number of hydrogen-bond donors (Lipinski definition) is 1. The van der Waals surface area contributed by atoms with E-state index in [0.717, 1.165) is 23.1 Å². The lowest BCUT2D eigenvalue weighted by Crippen LogP contribution is -2.12. The molecule has 0 aliphatic carbocycles. The third kappa shape index (κ3) is 6.03. The minimum atomic E-state index is -1.26. The summed E-state index contributed by atoms with van der Waals surface area (Å²) in [5.74, 6) is -3.02. The van der Waals surface area contributed by atoms with Crippen molar-refractivity contribution in [1.82, 2.24) is 4.31 Å². The molecule has 0 saturated heterocycles. The lowest BCUT2D eigenvalue weighted by molar-refractivity contribution is -0.139. The predicted molar refractivity (Wildman–Crippen MR) is 113 cm³/mol. The fraction of sp³-hybridized carbons (Fsp3) is 0.130. The van der Waals surface area contributed by atoms with E-state index < -0.39 is 24.2 Å². The van der Waals surface area contributed by atoms with Crippen LogP contribution in [0.25, 0.3) is 11.1 Å². The molecule has 5 nitrogen and oxygen atoms in total. The second-order valence-electron chi connectivity index (χ2n) is 6.79. The third-order valence-corrected chi connectivity index (χ3v) is 5.23. The zero-order valence-corrected chi connectivity index (χ0v) is 17.6. The van der Waals surface area contributed by atoms with Gasteiger partial charge in [0.15, 0.2) is 6.61 Å². The number of carbonyl (C=O) groups is 1. The number of halogens is 3. The number of carboxylic acids is 1. The molecule has 1 N–H and O–H groups in total. The highest BCUT2D eigenvalue weighted by molar-refractivity contribution is 7.97. The van der Waals surface area contributed by atoms with Gasteiger partial charge >= 0.3 is 5.97 Å². The maximum Gasteiger partial charge on any atom is 0.341 e. The highest BCUT2D eigenvalue weighted by Crippen LogP contribution is 2.35. The van der Waals surface area contributed by atoms with E-state index in [1.165, 1.54) is 36.2 Å². The quantitative estimate of drug-likeness (QED) is 0.465. The van der Waals surface area contributed by atoms with E-state index in [1.54, 1.807) is 23.5 Å². The first kappa shape index (κ1) is 23.2. The SMILES string of the molecule is CN(Cc1cc(-c2cc(F)cc(C#N)c2)c(OCC(=O)O)cc1F)Sc1ccc(F)cc1. The van der Waals surface area contributed by atoms with E-state index in [9.17, 15) is 18.0 Å². The molecule has 9 heteroatoms. The average Bonchev–Trinajstić information content (AvgIpc) is 2.74. The molecule has 0 bridgehead atoms. The van der Waals surface area contributed by atoms with Gasteiger partial charge in [-0.15, -0.1) is 0 Å². The van der Waals surface area contributed by atoms with Crippen LogP contribution in [0.4, 0.5) is 13.2 Å². The second kappa shape index (κ2) is 10.2. The third-order valence-electron chi connectivity index (χ3n) is 4.31. The number of nitriles is 1. The highest BCUT2D eigenvalue weighted by atomic mass is 32.2. The van der Waals surface area contributed by atoms with Crippen LogP contribution < -0.4 is 4.74 Å². The number of benzene rings is 3. The fourth-order valence-corrected chi connectivity index (χ4v) is 3.78. The summed E-state index contributed by atoms with van der Waals surface area (Å²) < 4.78 is 48.8. The van der Waals surface area contributed by atoms with Crippen LogP contribution in [0.1, 0.15) is 11.1 Å². The van der Waals surface area contributed by atoms with E-state index in [-0.39, 0.29) is 40.4 Å². The van der Waals surface area contributed by atoms with Gasteiger partial charge in [0, 0.05) is 28.6 Å². The van der Waals surface area contributed by atoms with Crippen molar-refractivity contribution in [2.24, 2.45) is 0 Å². The first-order valence-electron chi connectivity index (χ1n) is 9.28. The molecule has 0 spiro atoms. The van der Waals surface area contributed by atoms with Crippen LogP contribution in [0.15, 0.2) is 59.5 Å². The molecular weight excluding hydrogens is 441 g/mol. The van der Waals surface area contributed by atoms with Crippen LogP contribution in [0.5, 0.6) is 5.75 Å². The van der Waals surface area contributed by atoms with Gasteiger partial charge in [-0.2, -0.15) is 5.26 Å². The molecule has 0 saturated carbocycles. The van der Waals surface area contributed by atoms with Crippen LogP contribution in [-0.4, -0.2) is 29.0 Å². The smallest absolute Gasteiger partial charge is 0.341 e. The zero-order chi connectivity index (χ0) is 23.3. The molecule has 0 atom stereocenters. The van der Waals surface area contributed by atoms with Crippen molar-refractivity contribution in [3.63, 3.8) is 0 Å². The van der Waals surface area contributed by atoms with Crippen molar-refractivity contribution in [1.29, 1.82) is 5.26 Å². The number of nitrogens with zero attached hydrogens (tertiary/aromatic N) is 2. The Balaban J connectivity index is 1.96. The highest BCUT2D eigenvalue weighted by Gasteiger charge is 2.17. The van der Waals surface area contributed by atoms with Crippen molar-refractivity contribution in [3.05, 3.63) is 83.2 Å². The molecule has 0 radical (unpaired) electrons. The molecule has 0 unspecified atom stereocenters. The summed E-state index contributed by atoms with van der Waals surface area (Å²) in [7, 11) is 1.72. The molecule has 164 valence electrons. The summed E-state index contributed by atoms with van der Waals surface area (Å²) in [4.78, 5) is 11.7. The second-order valence-corrected chi connectivity index (χ2v) is 8.07. The van der Waals surface area contributed by atoms with Gasteiger partial charge in [0.25, 0.3) is 0 Å².